The van der Waals surface area contributed by atoms with Crippen molar-refractivity contribution in [1.82, 2.24) is 9.80 Å². The van der Waals surface area contributed by atoms with Crippen molar-refractivity contribution in [1.29, 1.82) is 0 Å². The first-order valence-electron chi connectivity index (χ1n) is 6.44. The van der Waals surface area contributed by atoms with Gasteiger partial charge in [-0.2, -0.15) is 0 Å². The van der Waals surface area contributed by atoms with Crippen LogP contribution in [0.5, 0.6) is 0 Å². The number of hydrogen-bond acceptors (Lipinski definition) is 4. The van der Waals surface area contributed by atoms with Crippen LogP contribution >= 0.6 is 0 Å². The number of aldehydes is 1. The van der Waals surface area contributed by atoms with Crippen LogP contribution in [0.15, 0.2) is 0 Å². The lowest BCUT2D eigenvalue weighted by atomic mass is 10.1. The minimum absolute atomic E-state index is 0.0243. The van der Waals surface area contributed by atoms with Crippen LogP contribution in [0.4, 0.5) is 0 Å². The van der Waals surface area contributed by atoms with Crippen LogP contribution in [0.1, 0.15) is 34.1 Å². The zero-order valence-corrected chi connectivity index (χ0v) is 11.9. The molecule has 0 aromatic rings. The Hall–Kier alpha value is -0.450. The molecule has 17 heavy (non-hydrogen) atoms. The van der Waals surface area contributed by atoms with Crippen molar-refractivity contribution in [2.24, 2.45) is 0 Å². The van der Waals surface area contributed by atoms with E-state index in [0.717, 1.165) is 0 Å². The molecule has 0 aliphatic carbocycles. The van der Waals surface area contributed by atoms with Gasteiger partial charge < -0.3 is 14.8 Å². The minimum Gasteiger partial charge on any atom is -0.396 e. The van der Waals surface area contributed by atoms with Gasteiger partial charge in [0.1, 0.15) is 6.29 Å². The van der Waals surface area contributed by atoms with E-state index < -0.39 is 0 Å². The molecule has 0 aromatic heterocycles. The fraction of sp³-hybridized carbons (Fsp3) is 0.923. The van der Waals surface area contributed by atoms with Crippen LogP contribution in [0, 0.1) is 0 Å². The predicted molar refractivity (Wildman–Crippen MR) is 71.2 cm³/mol. The van der Waals surface area contributed by atoms with Crippen molar-refractivity contribution in [2.75, 3.05) is 26.7 Å². The summed E-state index contributed by atoms with van der Waals surface area (Å²) in [6, 6.07) is 2.12. The molecular formula is C13H28N2O2. The average Bonchev–Trinajstić information content (AvgIpc) is 2.25. The van der Waals surface area contributed by atoms with Gasteiger partial charge in [-0.25, -0.2) is 0 Å². The Labute approximate surface area is 106 Å². The zero-order valence-electron chi connectivity index (χ0n) is 11.9. The molecule has 4 nitrogen and oxygen atoms in total. The Bertz CT molecular complexity index is 210. The summed E-state index contributed by atoms with van der Waals surface area (Å²) in [5.41, 5.74) is 0. The van der Waals surface area contributed by atoms with E-state index in [9.17, 15) is 4.79 Å². The second kappa shape index (κ2) is 8.61. The molecule has 0 bridgehead atoms. The zero-order chi connectivity index (χ0) is 13.4. The monoisotopic (exact) mass is 244 g/mol. The number of piperazine rings is 1. The summed E-state index contributed by atoms with van der Waals surface area (Å²) < 4.78 is 0. The topological polar surface area (TPSA) is 43.8 Å². The van der Waals surface area contributed by atoms with E-state index in [1.807, 2.05) is 0 Å². The summed E-state index contributed by atoms with van der Waals surface area (Å²) in [6.07, 6.45) is 0.944. The molecule has 1 heterocycles. The summed E-state index contributed by atoms with van der Waals surface area (Å²) in [6.45, 7) is 11.6. The van der Waals surface area contributed by atoms with Gasteiger partial charge in [0.2, 0.25) is 0 Å². The third-order valence-corrected chi connectivity index (χ3v) is 3.26. The van der Waals surface area contributed by atoms with E-state index in [0.29, 0.717) is 24.4 Å². The molecule has 1 fully saturated rings. The quantitative estimate of drug-likeness (QED) is 0.752. The predicted octanol–water partition coefficient (Wildman–Crippen LogP) is 0.987. The van der Waals surface area contributed by atoms with Gasteiger partial charge in [0.25, 0.3) is 0 Å². The Balaban J connectivity index is 0.000000437. The van der Waals surface area contributed by atoms with Crippen LogP contribution in [-0.4, -0.2) is 66.1 Å². The number of aliphatic hydroxyl groups is 1. The van der Waals surface area contributed by atoms with Crippen molar-refractivity contribution in [3.05, 3.63) is 0 Å². The normalized spacial score (nSPS) is 26.5. The van der Waals surface area contributed by atoms with Crippen LogP contribution in [0.2, 0.25) is 0 Å². The van der Waals surface area contributed by atoms with Crippen LogP contribution < -0.4 is 0 Å². The fourth-order valence-corrected chi connectivity index (χ4v) is 2.10. The molecule has 2 unspecified atom stereocenters. The highest BCUT2D eigenvalue weighted by atomic mass is 16.3. The maximum absolute atomic E-state index is 9.24. The van der Waals surface area contributed by atoms with Gasteiger partial charge >= 0.3 is 0 Å². The van der Waals surface area contributed by atoms with Gasteiger partial charge in [0, 0.05) is 44.2 Å². The lowest BCUT2D eigenvalue weighted by Gasteiger charge is -2.44. The fourth-order valence-electron chi connectivity index (χ4n) is 2.10. The second-order valence-corrected chi connectivity index (χ2v) is 5.11. The Morgan fingerprint density at radius 2 is 1.88 bits per heavy atom. The van der Waals surface area contributed by atoms with Crippen molar-refractivity contribution in [2.45, 2.75) is 52.2 Å². The average molecular weight is 244 g/mol. The maximum atomic E-state index is 9.24. The summed E-state index contributed by atoms with van der Waals surface area (Å²) in [7, 11) is 2.22. The van der Waals surface area contributed by atoms with E-state index in [2.05, 4.69) is 44.5 Å². The number of likely N-dealkylation sites (N-methyl/N-ethyl adjacent to an activating group) is 1. The Kier molecular flexibility index (Phi) is 8.39. The van der Waals surface area contributed by atoms with Gasteiger partial charge in [-0.05, 0) is 34.7 Å². The van der Waals surface area contributed by atoms with Gasteiger partial charge in [-0.3, -0.25) is 4.90 Å². The maximum Gasteiger partial charge on any atom is 0.122 e. The number of carbonyl (C=O) groups is 1. The highest BCUT2D eigenvalue weighted by Crippen LogP contribution is 2.15. The van der Waals surface area contributed by atoms with Crippen LogP contribution in [0.3, 0.4) is 0 Å². The Morgan fingerprint density at radius 1 is 1.29 bits per heavy atom. The molecule has 1 aliphatic rings. The summed E-state index contributed by atoms with van der Waals surface area (Å²) in [5.74, 6) is 0. The molecule has 1 aliphatic heterocycles. The van der Waals surface area contributed by atoms with Gasteiger partial charge in [0.15, 0.2) is 0 Å². The first-order valence-corrected chi connectivity index (χ1v) is 6.44. The van der Waals surface area contributed by atoms with E-state index in [4.69, 9.17) is 5.11 Å². The van der Waals surface area contributed by atoms with Gasteiger partial charge in [0.05, 0.1) is 0 Å². The molecule has 1 N–H and O–H groups in total. The molecule has 0 amide bonds. The first-order chi connectivity index (χ1) is 7.93. The molecule has 0 aromatic carbocycles. The summed E-state index contributed by atoms with van der Waals surface area (Å²) >= 11 is 0. The van der Waals surface area contributed by atoms with Gasteiger partial charge in [-0.15, -0.1) is 0 Å². The molecular weight excluding hydrogens is 216 g/mol. The number of hydrogen-bond donors (Lipinski definition) is 1. The van der Waals surface area contributed by atoms with E-state index >= 15 is 0 Å². The lowest BCUT2D eigenvalue weighted by molar-refractivity contribution is -0.108. The van der Waals surface area contributed by atoms with Crippen molar-refractivity contribution >= 4 is 6.29 Å². The highest BCUT2D eigenvalue weighted by Gasteiger charge is 2.27. The van der Waals surface area contributed by atoms with Crippen LogP contribution in [0.25, 0.3) is 0 Å². The molecule has 0 spiro atoms. The molecule has 0 radical (unpaired) electrons. The van der Waals surface area contributed by atoms with Crippen LogP contribution in [-0.2, 0) is 4.79 Å². The molecule has 1 rings (SSSR count). The third-order valence-electron chi connectivity index (χ3n) is 3.26. The largest absolute Gasteiger partial charge is 0.396 e. The van der Waals surface area contributed by atoms with E-state index in [1.54, 1.807) is 0 Å². The molecule has 1 saturated heterocycles. The smallest absolute Gasteiger partial charge is 0.122 e. The van der Waals surface area contributed by atoms with Crippen molar-refractivity contribution in [3.63, 3.8) is 0 Å². The molecule has 2 atom stereocenters. The van der Waals surface area contributed by atoms with E-state index in [-0.39, 0.29) is 13.0 Å². The molecule has 102 valence electrons. The summed E-state index contributed by atoms with van der Waals surface area (Å²) in [4.78, 5) is 14.3. The SMILES string of the molecule is CC1CN(C(C)C)C(C)CN1C.O=CCCO. The standard InChI is InChI=1S/C10H22N2.C3H6O2/c1-8(2)12-7-9(3)11(5)6-10(12)4;4-2-1-3-5/h8-10H,6-7H2,1-5H3;2,5H,1,3H2. The summed E-state index contributed by atoms with van der Waals surface area (Å²) in [5, 5.41) is 7.84. The minimum atomic E-state index is -0.0243. The molecule has 0 saturated carbocycles. The highest BCUT2D eigenvalue weighted by molar-refractivity contribution is 5.49. The second-order valence-electron chi connectivity index (χ2n) is 5.11. The number of nitrogens with zero attached hydrogens (tertiary/aromatic N) is 2. The third kappa shape index (κ3) is 6.15. The van der Waals surface area contributed by atoms with Crippen molar-refractivity contribution < 1.29 is 9.90 Å². The van der Waals surface area contributed by atoms with Gasteiger partial charge in [-0.1, -0.05) is 0 Å². The number of rotatable bonds is 3. The van der Waals surface area contributed by atoms with Crippen molar-refractivity contribution in [3.8, 4) is 0 Å². The van der Waals surface area contributed by atoms with E-state index in [1.165, 1.54) is 13.1 Å². The molecule has 4 heteroatoms. The Morgan fingerprint density at radius 3 is 2.24 bits per heavy atom. The number of carbonyl (C=O) groups excluding carboxylic acids is 1. The lowest BCUT2D eigenvalue weighted by Crippen LogP contribution is -2.56. The number of aliphatic hydroxyl groups excluding tert-OH is 1. The first kappa shape index (κ1) is 16.6.